The summed E-state index contributed by atoms with van der Waals surface area (Å²) in [6.07, 6.45) is 2.68. The predicted octanol–water partition coefficient (Wildman–Crippen LogP) is 3.76. The van der Waals surface area contributed by atoms with Crippen LogP contribution in [0.4, 0.5) is 0 Å². The second-order valence-electron chi connectivity index (χ2n) is 4.91. The molecular weight excluding hydrogens is 531 g/mol. The average Bonchev–Trinajstić information content (AvgIpc) is 2.55. The van der Waals surface area contributed by atoms with Crippen molar-refractivity contribution >= 4 is 5.97 Å². The zero-order valence-electron chi connectivity index (χ0n) is 15.5. The number of carbonyl (C=O) groups excluding carboxylic acids is 1. The van der Waals surface area contributed by atoms with Crippen molar-refractivity contribution in [1.82, 2.24) is 0 Å². The number of aliphatic hydroxyl groups is 1. The quantitative estimate of drug-likeness (QED) is 0.410. The second-order valence-corrected chi connectivity index (χ2v) is 4.91. The zero-order valence-corrected chi connectivity index (χ0v) is 24.0. The fourth-order valence-electron chi connectivity index (χ4n) is 2.00. The van der Waals surface area contributed by atoms with Crippen LogP contribution in [0.25, 0.3) is 0 Å². The van der Waals surface area contributed by atoms with Gasteiger partial charge in [0, 0.05) is 105 Å². The zero-order chi connectivity index (χ0) is 16.3. The standard InChI is InChI=1S/C17H23O2.CH4O.3Y/c1-5-13(2)11-16(12-14(3)17(18)19-4)15-9-7-6-8-10-15;1-2;;;/h6-10H,5,11-12H2,1-4H3;2H,1H3;;;/q-3;;;;. The Balaban J connectivity index is -0.000000385. The molecule has 3 nitrogen and oxygen atoms in total. The first-order valence-corrected chi connectivity index (χ1v) is 7.15. The van der Waals surface area contributed by atoms with E-state index in [2.05, 4.69) is 26.0 Å². The molecule has 0 fully saturated rings. The summed E-state index contributed by atoms with van der Waals surface area (Å²) in [4.78, 5) is 11.6. The Hall–Kier alpha value is 1.70. The fourth-order valence-corrected chi connectivity index (χ4v) is 2.00. The molecule has 0 heterocycles. The maximum atomic E-state index is 11.6. The van der Waals surface area contributed by atoms with Gasteiger partial charge in [-0.05, 0) is 0 Å². The van der Waals surface area contributed by atoms with Gasteiger partial charge in [-0.25, -0.2) is 12.3 Å². The third-order valence-electron chi connectivity index (χ3n) is 3.31. The maximum Gasteiger partial charge on any atom is 0.168 e. The molecule has 1 N–H and O–H groups in total. The van der Waals surface area contributed by atoms with E-state index in [1.165, 1.54) is 24.5 Å². The number of rotatable bonds is 7. The summed E-state index contributed by atoms with van der Waals surface area (Å²) < 4.78 is 4.78. The Morgan fingerprint density at radius 1 is 1.04 bits per heavy atom. The van der Waals surface area contributed by atoms with Crippen LogP contribution >= 0.6 is 0 Å². The van der Waals surface area contributed by atoms with Crippen LogP contribution in [0.1, 0.15) is 45.6 Å². The smallest absolute Gasteiger partial charge is 0.168 e. The fraction of sp³-hybridized carbons (Fsp3) is 0.444. The van der Waals surface area contributed by atoms with Crippen molar-refractivity contribution in [2.75, 3.05) is 14.2 Å². The number of aliphatic hydroxyl groups excluding tert-OH is 1. The van der Waals surface area contributed by atoms with Crippen molar-refractivity contribution in [3.63, 3.8) is 0 Å². The Labute approximate surface area is 223 Å². The molecule has 6 heteroatoms. The first-order chi connectivity index (χ1) is 10.1. The molecule has 0 bridgehead atoms. The molecule has 0 aliphatic rings. The Bertz CT molecular complexity index is 388. The molecule has 129 valence electrons. The van der Waals surface area contributed by atoms with Gasteiger partial charge in [0.2, 0.25) is 0 Å². The molecule has 24 heavy (non-hydrogen) atoms. The van der Waals surface area contributed by atoms with Crippen molar-refractivity contribution in [3.8, 4) is 0 Å². The van der Waals surface area contributed by atoms with E-state index in [9.17, 15) is 4.79 Å². The minimum atomic E-state index is -0.220. The minimum Gasteiger partial charge on any atom is -0.491 e. The molecule has 1 rings (SSSR count). The number of ether oxygens (including phenoxy) is 1. The van der Waals surface area contributed by atoms with Gasteiger partial charge in [0.25, 0.3) is 0 Å². The third kappa shape index (κ3) is 13.8. The van der Waals surface area contributed by atoms with Crippen molar-refractivity contribution in [2.45, 2.75) is 40.0 Å². The molecule has 0 amide bonds. The maximum absolute atomic E-state index is 11.6. The van der Waals surface area contributed by atoms with Crippen LogP contribution in [0.2, 0.25) is 0 Å². The van der Waals surface area contributed by atoms with Gasteiger partial charge in [0.15, 0.2) is 5.97 Å². The number of esters is 1. The van der Waals surface area contributed by atoms with Gasteiger partial charge in [-0.2, -0.15) is 44.4 Å². The summed E-state index contributed by atoms with van der Waals surface area (Å²) >= 11 is 0. The summed E-state index contributed by atoms with van der Waals surface area (Å²) in [5, 5.41) is 7.00. The normalized spacial score (nSPS) is 8.46. The largest absolute Gasteiger partial charge is 0.491 e. The van der Waals surface area contributed by atoms with E-state index in [0.29, 0.717) is 6.42 Å². The summed E-state index contributed by atoms with van der Waals surface area (Å²) in [5.41, 5.74) is 1.21. The Morgan fingerprint density at radius 3 is 1.96 bits per heavy atom. The van der Waals surface area contributed by atoms with E-state index in [1.54, 1.807) is 0 Å². The van der Waals surface area contributed by atoms with Gasteiger partial charge < -0.3 is 15.8 Å². The molecule has 1 aromatic carbocycles. The minimum absolute atomic E-state index is 0. The van der Waals surface area contributed by atoms with Crippen LogP contribution in [0.3, 0.4) is 0 Å². The van der Waals surface area contributed by atoms with Crippen LogP contribution in [0.15, 0.2) is 30.3 Å². The van der Waals surface area contributed by atoms with E-state index in [4.69, 9.17) is 9.84 Å². The van der Waals surface area contributed by atoms with E-state index in [-0.39, 0.29) is 104 Å². The van der Waals surface area contributed by atoms with Crippen LogP contribution in [-0.2, 0) is 108 Å². The number of benzene rings is 1. The van der Waals surface area contributed by atoms with E-state index in [1.807, 2.05) is 25.1 Å². The van der Waals surface area contributed by atoms with Gasteiger partial charge in [-0.15, -0.1) is 12.1 Å². The Kier molecular flexibility index (Phi) is 29.1. The van der Waals surface area contributed by atoms with Gasteiger partial charge in [-0.1, -0.05) is 13.0 Å². The van der Waals surface area contributed by atoms with Crippen LogP contribution in [0, 0.1) is 17.8 Å². The van der Waals surface area contributed by atoms with Gasteiger partial charge >= 0.3 is 0 Å². The molecule has 1 aromatic rings. The van der Waals surface area contributed by atoms with E-state index < -0.39 is 0 Å². The van der Waals surface area contributed by atoms with Crippen LogP contribution in [-0.4, -0.2) is 25.3 Å². The number of hydrogen-bond acceptors (Lipinski definition) is 3. The number of carbonyl (C=O) groups is 1. The van der Waals surface area contributed by atoms with E-state index in [0.717, 1.165) is 25.9 Å². The summed E-state index contributed by atoms with van der Waals surface area (Å²) in [7, 11) is 2.43. The summed E-state index contributed by atoms with van der Waals surface area (Å²) in [6, 6.07) is 10.3. The van der Waals surface area contributed by atoms with Crippen molar-refractivity contribution in [1.29, 1.82) is 0 Å². The van der Waals surface area contributed by atoms with E-state index >= 15 is 0 Å². The molecule has 0 aliphatic heterocycles. The molecule has 0 spiro atoms. The third-order valence-corrected chi connectivity index (χ3v) is 3.31. The Morgan fingerprint density at radius 2 is 1.54 bits per heavy atom. The van der Waals surface area contributed by atoms with Gasteiger partial charge in [-0.3, -0.25) is 10.7 Å². The SMILES string of the molecule is CC[C-](C)C[C-](C[C-](C)C(=O)OC)c1ccccc1.CO.[Y].[Y].[Y]. The van der Waals surface area contributed by atoms with Gasteiger partial charge in [0.1, 0.15) is 0 Å². The molecular formula is C18H27O3Y3-3. The summed E-state index contributed by atoms with van der Waals surface area (Å²) in [6.45, 7) is 6.17. The van der Waals surface area contributed by atoms with Crippen molar-refractivity contribution < 1.29 is 113 Å². The summed E-state index contributed by atoms with van der Waals surface area (Å²) in [5.74, 6) is 3.24. The van der Waals surface area contributed by atoms with Gasteiger partial charge in [0.05, 0.1) is 7.11 Å². The number of hydrogen-bond donors (Lipinski definition) is 1. The molecule has 0 aliphatic carbocycles. The molecule has 0 saturated heterocycles. The van der Waals surface area contributed by atoms with Crippen molar-refractivity contribution in [2.24, 2.45) is 0 Å². The monoisotopic (exact) mass is 558 g/mol. The predicted molar refractivity (Wildman–Crippen MR) is 86.3 cm³/mol. The van der Waals surface area contributed by atoms with Crippen LogP contribution in [0.5, 0.6) is 0 Å². The van der Waals surface area contributed by atoms with Crippen molar-refractivity contribution in [3.05, 3.63) is 53.6 Å². The molecule has 0 aromatic heterocycles. The second kappa shape index (κ2) is 21.0. The molecule has 0 saturated carbocycles. The molecule has 3 radical (unpaired) electrons. The first-order valence-electron chi connectivity index (χ1n) is 7.15. The number of methoxy groups -OCH3 is 1. The first kappa shape index (κ1) is 33.3. The molecule has 0 atom stereocenters. The average molecular weight is 558 g/mol. The molecule has 0 unspecified atom stereocenters. The van der Waals surface area contributed by atoms with Crippen LogP contribution < -0.4 is 0 Å². The topological polar surface area (TPSA) is 46.5 Å².